The SMILES string of the molecule is [2H]c1c([2H])c([2H])c(-c2cc(-c3cccc(C(C)(C)C)c3)c(-[n+]3[c-]n(-c4[c-]c(Oc5[c-]c6c(cc5)c5ccccc5n6-c5cc(C(C)(C)C)ccn5)ccc4)c4cc(-c5ccc(C(C)(C)C)cc5)ccc43)c(-c3c([2H])c([2H])c([2H])c([2H])c3[2H])c2)c([2H])c1[2H].[Pt]. The third-order valence-corrected chi connectivity index (χ3v) is 14.3. The number of rotatable bonds is 9. The number of para-hydroxylation sites is 1. The van der Waals surface area contributed by atoms with E-state index >= 15 is 0 Å². The van der Waals surface area contributed by atoms with Crippen molar-refractivity contribution in [1.82, 2.24) is 14.1 Å². The van der Waals surface area contributed by atoms with Crippen molar-refractivity contribution >= 4 is 32.8 Å². The van der Waals surface area contributed by atoms with Crippen molar-refractivity contribution in [2.45, 2.75) is 78.6 Å². The number of imidazole rings is 1. The molecule has 0 spiro atoms. The minimum Gasteiger partial charge on any atom is -0.510 e. The molecular formula is C72H62N4OPt-2. The summed E-state index contributed by atoms with van der Waals surface area (Å²) in [5.74, 6) is 1.57. The van der Waals surface area contributed by atoms with Gasteiger partial charge >= 0.3 is 0 Å². The molecule has 0 aliphatic heterocycles. The van der Waals surface area contributed by atoms with Gasteiger partial charge < -0.3 is 13.9 Å². The number of fused-ring (bicyclic) bond motifs is 4. The zero-order chi connectivity index (χ0) is 61.9. The number of hydrogen-bond acceptors (Lipinski definition) is 2. The minimum atomic E-state index is -0.588. The van der Waals surface area contributed by atoms with Crippen molar-refractivity contribution in [3.05, 3.63) is 247 Å². The Morgan fingerprint density at radius 2 is 1.13 bits per heavy atom. The summed E-state index contributed by atoms with van der Waals surface area (Å²) in [5, 5.41) is 2.03. The fourth-order valence-electron chi connectivity index (χ4n) is 10.1. The van der Waals surface area contributed by atoms with Crippen molar-refractivity contribution < 1.29 is 44.1 Å². The van der Waals surface area contributed by atoms with Gasteiger partial charge in [0.05, 0.1) is 30.4 Å². The zero-order valence-corrected chi connectivity index (χ0v) is 47.2. The third kappa shape index (κ3) is 9.93. The molecule has 0 aliphatic carbocycles. The molecule has 0 fully saturated rings. The molecule has 0 amide bonds. The van der Waals surface area contributed by atoms with E-state index in [4.69, 9.17) is 17.9 Å². The van der Waals surface area contributed by atoms with Crippen LogP contribution in [0.5, 0.6) is 11.5 Å². The molecule has 6 heteroatoms. The normalized spacial score (nSPS) is 13.9. The Morgan fingerprint density at radius 1 is 0.487 bits per heavy atom. The van der Waals surface area contributed by atoms with Gasteiger partial charge in [-0.2, -0.15) is 18.2 Å². The molecule has 0 unspecified atom stereocenters. The van der Waals surface area contributed by atoms with Crippen molar-refractivity contribution in [2.75, 3.05) is 0 Å². The summed E-state index contributed by atoms with van der Waals surface area (Å²) in [5.41, 5.74) is 9.53. The van der Waals surface area contributed by atoms with E-state index < -0.39 is 60.4 Å². The molecule has 0 radical (unpaired) electrons. The summed E-state index contributed by atoms with van der Waals surface area (Å²) >= 11 is 0. The van der Waals surface area contributed by atoms with Crippen LogP contribution in [0.15, 0.2) is 212 Å². The molecule has 0 saturated heterocycles. The number of aromatic nitrogens is 4. The fourth-order valence-corrected chi connectivity index (χ4v) is 10.1. The van der Waals surface area contributed by atoms with Crippen LogP contribution in [0.2, 0.25) is 0 Å². The molecule has 0 aliphatic rings. The molecule has 12 rings (SSSR count). The number of benzene rings is 9. The van der Waals surface area contributed by atoms with E-state index in [1.54, 1.807) is 12.1 Å². The van der Waals surface area contributed by atoms with Gasteiger partial charge in [0.1, 0.15) is 5.82 Å². The first kappa shape index (κ1) is 41.0. The Labute approximate surface area is 487 Å². The van der Waals surface area contributed by atoms with Gasteiger partial charge in [-0.3, -0.25) is 4.57 Å². The summed E-state index contributed by atoms with van der Waals surface area (Å²) in [6, 6.07) is 49.4. The van der Waals surface area contributed by atoms with Crippen LogP contribution in [0.25, 0.3) is 94.5 Å². The number of ether oxygens (including phenoxy) is 1. The molecule has 0 atom stereocenters. The second-order valence-corrected chi connectivity index (χ2v) is 22.6. The van der Waals surface area contributed by atoms with E-state index in [0.29, 0.717) is 45.0 Å². The fraction of sp³-hybridized carbons (Fsp3) is 0.167. The summed E-state index contributed by atoms with van der Waals surface area (Å²) in [7, 11) is 0. The molecule has 388 valence electrons. The van der Waals surface area contributed by atoms with Gasteiger partial charge in [0, 0.05) is 44.3 Å². The number of nitrogens with zero attached hydrogens (tertiary/aromatic N) is 4. The quantitative estimate of drug-likeness (QED) is 0.107. The van der Waals surface area contributed by atoms with Gasteiger partial charge in [-0.1, -0.05) is 207 Å². The Hall–Kier alpha value is -8.11. The first-order chi connectivity index (χ1) is 41.2. The molecular weight excluding hydrogens is 1130 g/mol. The topological polar surface area (TPSA) is 35.9 Å². The van der Waals surface area contributed by atoms with Gasteiger partial charge in [-0.05, 0) is 125 Å². The Bertz CT molecular complexity index is 4740. The maximum absolute atomic E-state index is 9.55. The minimum absolute atomic E-state index is 0. The van der Waals surface area contributed by atoms with Gasteiger partial charge in [0.15, 0.2) is 0 Å². The Kier molecular flexibility index (Phi) is 10.7. The molecule has 5 nitrogen and oxygen atoms in total. The Morgan fingerprint density at radius 3 is 1.85 bits per heavy atom. The van der Waals surface area contributed by atoms with Crippen molar-refractivity contribution in [2.24, 2.45) is 0 Å². The monoisotopic (exact) mass is 1200 g/mol. The smallest absolute Gasteiger partial charge is 0.268 e. The van der Waals surface area contributed by atoms with Crippen LogP contribution >= 0.6 is 0 Å². The van der Waals surface area contributed by atoms with Crippen LogP contribution < -0.4 is 9.30 Å². The van der Waals surface area contributed by atoms with Crippen LogP contribution in [0.4, 0.5) is 0 Å². The summed E-state index contributed by atoms with van der Waals surface area (Å²) in [6.07, 6.45) is 5.51. The van der Waals surface area contributed by atoms with Gasteiger partial charge in [-0.25, -0.2) is 4.98 Å². The largest absolute Gasteiger partial charge is 0.510 e. The van der Waals surface area contributed by atoms with Crippen LogP contribution in [0.1, 0.15) is 92.7 Å². The average Bonchev–Trinajstić information content (AvgIpc) is 1.57. The molecule has 78 heavy (non-hydrogen) atoms. The van der Waals surface area contributed by atoms with E-state index in [1.807, 2.05) is 100 Å². The molecule has 0 N–H and O–H groups in total. The predicted octanol–water partition coefficient (Wildman–Crippen LogP) is 18.2. The van der Waals surface area contributed by atoms with E-state index in [9.17, 15) is 5.48 Å². The first-order valence-electron chi connectivity index (χ1n) is 30.9. The number of pyridine rings is 1. The van der Waals surface area contributed by atoms with Gasteiger partial charge in [0.25, 0.3) is 6.33 Å². The van der Waals surface area contributed by atoms with E-state index in [2.05, 4.69) is 134 Å². The Balaban J connectivity index is 0.00000800. The summed E-state index contributed by atoms with van der Waals surface area (Å²) < 4.78 is 103. The van der Waals surface area contributed by atoms with Crippen molar-refractivity contribution in [3.63, 3.8) is 0 Å². The predicted molar refractivity (Wildman–Crippen MR) is 318 cm³/mol. The van der Waals surface area contributed by atoms with E-state index in [0.717, 1.165) is 49.9 Å². The maximum Gasteiger partial charge on any atom is 0.268 e. The van der Waals surface area contributed by atoms with Gasteiger partial charge in [0.2, 0.25) is 0 Å². The van der Waals surface area contributed by atoms with Crippen LogP contribution in [-0.2, 0) is 37.3 Å². The van der Waals surface area contributed by atoms with Crippen LogP contribution in [0, 0.1) is 18.5 Å². The van der Waals surface area contributed by atoms with Crippen molar-refractivity contribution in [3.8, 4) is 73.2 Å². The maximum atomic E-state index is 9.55. The van der Waals surface area contributed by atoms with E-state index in [-0.39, 0.29) is 59.6 Å². The third-order valence-electron chi connectivity index (χ3n) is 14.3. The zero-order valence-electron chi connectivity index (χ0n) is 54.9. The number of hydrogen-bond donors (Lipinski definition) is 0. The first-order valence-corrected chi connectivity index (χ1v) is 25.9. The van der Waals surface area contributed by atoms with Crippen LogP contribution in [0.3, 0.4) is 0 Å². The molecule has 3 aromatic heterocycles. The molecule has 3 heterocycles. The van der Waals surface area contributed by atoms with E-state index in [1.165, 1.54) is 5.56 Å². The average molecular weight is 1200 g/mol. The molecule has 12 aromatic rings. The molecule has 9 aromatic carbocycles. The van der Waals surface area contributed by atoms with Gasteiger partial charge in [-0.15, -0.1) is 29.7 Å². The summed E-state index contributed by atoms with van der Waals surface area (Å²) in [6.45, 7) is 19.3. The standard InChI is InChI=1S/C72H62N4O.Pt/c1-70(2,3)54-33-30-49(31-34-54)51-32-37-65-67(43-51)74(47-75(65)69-62(50-22-14-11-15-23-50)41-53(48-20-12-10-13-21-48)42-63(69)52-24-18-25-55(40-52)71(4,5)6)57-26-19-27-58(45-57)77-59-35-36-61-60-28-16-17-29-64(60)76(66(61)46-59)68-44-56(38-39-73-68)72(7,8)9;/h10-44H,1-9H3;/q-2;/i10D,11D,12D,13D,14D,15D,20D,21D,22D,23D;. The van der Waals surface area contributed by atoms with Crippen molar-refractivity contribution in [1.29, 1.82) is 0 Å². The molecule has 0 bridgehead atoms. The summed E-state index contributed by atoms with van der Waals surface area (Å²) in [4.78, 5) is 4.86. The van der Waals surface area contributed by atoms with Crippen LogP contribution in [-0.4, -0.2) is 14.1 Å². The second-order valence-electron chi connectivity index (χ2n) is 22.6. The molecule has 0 saturated carbocycles. The second kappa shape index (κ2) is 20.4.